The number of carbonyl (C=O) groups is 1. The lowest BCUT2D eigenvalue weighted by molar-refractivity contribution is -0.153. The van der Waals surface area contributed by atoms with Gasteiger partial charge < -0.3 is 15.8 Å². The molecule has 3 N–H and O–H groups in total. The summed E-state index contributed by atoms with van der Waals surface area (Å²) >= 11 is 0. The zero-order valence-electron chi connectivity index (χ0n) is 11.0. The molecule has 1 atom stereocenters. The van der Waals surface area contributed by atoms with E-state index in [0.29, 0.717) is 0 Å². The van der Waals surface area contributed by atoms with Crippen molar-refractivity contribution in [1.82, 2.24) is 0 Å². The molecule has 0 aliphatic carbocycles. The highest BCUT2D eigenvalue weighted by Gasteiger charge is 2.29. The molecule has 1 aromatic rings. The van der Waals surface area contributed by atoms with E-state index in [0.717, 1.165) is 5.56 Å². The number of anilines is 1. The third-order valence-electron chi connectivity index (χ3n) is 2.20. The molecule has 0 heterocycles. The maximum atomic E-state index is 12.1. The average molecular weight is 313 g/mol. The molecule has 0 radical (unpaired) electrons. The van der Waals surface area contributed by atoms with E-state index in [1.54, 1.807) is 13.0 Å². The van der Waals surface area contributed by atoms with E-state index in [1.165, 1.54) is 19.1 Å². The number of aryl methyl sites for hydroxylation is 1. The largest absolute Gasteiger partial charge is 0.482 e. The van der Waals surface area contributed by atoms with Gasteiger partial charge in [0, 0.05) is 0 Å². The second kappa shape index (κ2) is 7.35. The quantitative estimate of drug-likeness (QED) is 0.898. The Bertz CT molecular complexity index is 465. The molecule has 0 aliphatic rings. The Labute approximate surface area is 120 Å². The SMILES string of the molecule is Cc1ccc(NC(=O)[C@H](C)N)c(OCC(F)(F)F)c1.Cl. The zero-order valence-corrected chi connectivity index (χ0v) is 11.8. The van der Waals surface area contributed by atoms with E-state index in [-0.39, 0.29) is 23.8 Å². The molecule has 0 bridgehead atoms. The van der Waals surface area contributed by atoms with E-state index in [2.05, 4.69) is 10.1 Å². The lowest BCUT2D eigenvalue weighted by atomic mass is 10.2. The number of nitrogens with two attached hydrogens (primary N) is 1. The molecule has 1 amide bonds. The van der Waals surface area contributed by atoms with Crippen molar-refractivity contribution < 1.29 is 22.7 Å². The van der Waals surface area contributed by atoms with Gasteiger partial charge in [0.2, 0.25) is 5.91 Å². The smallest absolute Gasteiger partial charge is 0.422 e. The molecule has 0 aromatic heterocycles. The molecule has 1 rings (SSSR count). The second-order valence-electron chi connectivity index (χ2n) is 4.18. The predicted octanol–water partition coefficient (Wildman–Crippen LogP) is 2.64. The van der Waals surface area contributed by atoms with Crippen LogP contribution in [0.3, 0.4) is 0 Å². The van der Waals surface area contributed by atoms with Gasteiger partial charge in [-0.05, 0) is 31.5 Å². The third kappa shape index (κ3) is 6.12. The second-order valence-corrected chi connectivity index (χ2v) is 4.18. The van der Waals surface area contributed by atoms with Crippen LogP contribution >= 0.6 is 12.4 Å². The van der Waals surface area contributed by atoms with Crippen molar-refractivity contribution in [3.8, 4) is 5.75 Å². The van der Waals surface area contributed by atoms with E-state index in [4.69, 9.17) is 5.73 Å². The highest BCUT2D eigenvalue weighted by molar-refractivity contribution is 5.95. The Hall–Kier alpha value is -1.47. The molecule has 0 saturated carbocycles. The monoisotopic (exact) mass is 312 g/mol. The minimum Gasteiger partial charge on any atom is -0.482 e. The normalized spacial score (nSPS) is 12.3. The molecule has 4 nitrogen and oxygen atoms in total. The van der Waals surface area contributed by atoms with Crippen molar-refractivity contribution in [2.75, 3.05) is 11.9 Å². The summed E-state index contributed by atoms with van der Waals surface area (Å²) in [7, 11) is 0. The summed E-state index contributed by atoms with van der Waals surface area (Å²) in [5.41, 5.74) is 6.26. The van der Waals surface area contributed by atoms with Crippen LogP contribution in [0, 0.1) is 6.92 Å². The number of carbonyl (C=O) groups excluding carboxylic acids is 1. The molecule has 0 fully saturated rings. The zero-order chi connectivity index (χ0) is 14.6. The number of halogens is 4. The highest BCUT2D eigenvalue weighted by Crippen LogP contribution is 2.27. The average Bonchev–Trinajstić information content (AvgIpc) is 2.28. The highest BCUT2D eigenvalue weighted by atomic mass is 35.5. The van der Waals surface area contributed by atoms with Gasteiger partial charge in [-0.15, -0.1) is 12.4 Å². The minimum atomic E-state index is -4.44. The van der Waals surface area contributed by atoms with Crippen molar-refractivity contribution in [1.29, 1.82) is 0 Å². The fraction of sp³-hybridized carbons (Fsp3) is 0.417. The Morgan fingerprint density at radius 2 is 2.05 bits per heavy atom. The Balaban J connectivity index is 0.00000361. The Morgan fingerprint density at radius 1 is 1.45 bits per heavy atom. The first-order valence-corrected chi connectivity index (χ1v) is 5.55. The van der Waals surface area contributed by atoms with Crippen LogP contribution in [0.5, 0.6) is 5.75 Å². The molecular formula is C12H16ClF3N2O2. The van der Waals surface area contributed by atoms with Crippen LogP contribution in [-0.2, 0) is 4.79 Å². The molecule has 8 heteroatoms. The summed E-state index contributed by atoms with van der Waals surface area (Å²) in [6.45, 7) is 1.76. The standard InChI is InChI=1S/C12H15F3N2O2.ClH/c1-7-3-4-9(17-11(18)8(2)16)10(5-7)19-6-12(13,14)15;/h3-5,8H,6,16H2,1-2H3,(H,17,18);1H/t8-;/m0./s1. The van der Waals surface area contributed by atoms with Gasteiger partial charge in [-0.25, -0.2) is 0 Å². The van der Waals surface area contributed by atoms with E-state index in [9.17, 15) is 18.0 Å². The van der Waals surface area contributed by atoms with Gasteiger partial charge in [0.25, 0.3) is 0 Å². The number of hydrogen-bond acceptors (Lipinski definition) is 3. The summed E-state index contributed by atoms with van der Waals surface area (Å²) in [6.07, 6.45) is -4.44. The number of alkyl halides is 3. The van der Waals surface area contributed by atoms with Crippen molar-refractivity contribution in [2.24, 2.45) is 5.73 Å². The Morgan fingerprint density at radius 3 is 2.55 bits per heavy atom. The molecule has 0 spiro atoms. The van der Waals surface area contributed by atoms with Crippen LogP contribution in [0.25, 0.3) is 0 Å². The van der Waals surface area contributed by atoms with Crippen LogP contribution in [0.15, 0.2) is 18.2 Å². The molecule has 114 valence electrons. The van der Waals surface area contributed by atoms with Crippen LogP contribution in [0.1, 0.15) is 12.5 Å². The minimum absolute atomic E-state index is 0. The molecule has 0 saturated heterocycles. The van der Waals surface area contributed by atoms with Gasteiger partial charge in [-0.3, -0.25) is 4.79 Å². The van der Waals surface area contributed by atoms with E-state index < -0.39 is 24.7 Å². The first-order chi connectivity index (χ1) is 8.69. The van der Waals surface area contributed by atoms with Crippen LogP contribution in [0.2, 0.25) is 0 Å². The predicted molar refractivity (Wildman–Crippen MR) is 72.3 cm³/mol. The van der Waals surface area contributed by atoms with E-state index >= 15 is 0 Å². The van der Waals surface area contributed by atoms with Crippen molar-refractivity contribution in [3.05, 3.63) is 23.8 Å². The summed E-state index contributed by atoms with van der Waals surface area (Å²) in [5.74, 6) is -0.535. The van der Waals surface area contributed by atoms with Crippen molar-refractivity contribution >= 4 is 24.0 Å². The van der Waals surface area contributed by atoms with Gasteiger partial charge in [0.1, 0.15) is 5.75 Å². The number of hydrogen-bond donors (Lipinski definition) is 2. The number of nitrogens with one attached hydrogen (secondary N) is 1. The van der Waals surface area contributed by atoms with E-state index in [1.807, 2.05) is 0 Å². The summed E-state index contributed by atoms with van der Waals surface area (Å²) in [6, 6.07) is 3.78. The van der Waals surface area contributed by atoms with Crippen molar-refractivity contribution in [3.63, 3.8) is 0 Å². The van der Waals surface area contributed by atoms with Crippen LogP contribution in [-0.4, -0.2) is 24.7 Å². The number of benzene rings is 1. The summed E-state index contributed by atoms with van der Waals surface area (Å²) < 4.78 is 41.1. The number of ether oxygens (including phenoxy) is 1. The molecule has 0 aliphatic heterocycles. The van der Waals surface area contributed by atoms with Gasteiger partial charge in [-0.1, -0.05) is 6.07 Å². The fourth-order valence-corrected chi connectivity index (χ4v) is 1.26. The molecular weight excluding hydrogens is 297 g/mol. The third-order valence-corrected chi connectivity index (χ3v) is 2.20. The summed E-state index contributed by atoms with van der Waals surface area (Å²) in [5, 5.41) is 2.42. The van der Waals surface area contributed by atoms with Gasteiger partial charge >= 0.3 is 6.18 Å². The number of rotatable bonds is 4. The number of amides is 1. The topological polar surface area (TPSA) is 64.4 Å². The molecule has 0 unspecified atom stereocenters. The van der Waals surface area contributed by atoms with Gasteiger partial charge in [-0.2, -0.15) is 13.2 Å². The first kappa shape index (κ1) is 18.5. The van der Waals surface area contributed by atoms with Crippen molar-refractivity contribution in [2.45, 2.75) is 26.1 Å². The first-order valence-electron chi connectivity index (χ1n) is 5.55. The van der Waals surface area contributed by atoms with Gasteiger partial charge in [0.05, 0.1) is 11.7 Å². The lowest BCUT2D eigenvalue weighted by Crippen LogP contribution is -2.32. The maximum absolute atomic E-state index is 12.1. The van der Waals surface area contributed by atoms with Crippen LogP contribution < -0.4 is 15.8 Å². The van der Waals surface area contributed by atoms with Crippen LogP contribution in [0.4, 0.5) is 18.9 Å². The Kier molecular flexibility index (Phi) is 6.81. The van der Waals surface area contributed by atoms with Gasteiger partial charge in [0.15, 0.2) is 6.61 Å². The fourth-order valence-electron chi connectivity index (χ4n) is 1.26. The molecule has 1 aromatic carbocycles. The summed E-state index contributed by atoms with van der Waals surface area (Å²) in [4.78, 5) is 11.4. The maximum Gasteiger partial charge on any atom is 0.422 e. The molecule has 20 heavy (non-hydrogen) atoms. The lowest BCUT2D eigenvalue weighted by Gasteiger charge is -2.15.